The summed E-state index contributed by atoms with van der Waals surface area (Å²) in [5.74, 6) is -0.987. The standard InChI is InChI=1S/C10H14BrNO4/c1-10(2)4-7(13)12(9(10)15)5-6(11)8(14)16-3/h6H,4-5H2,1-3H3. The number of esters is 1. The summed E-state index contributed by atoms with van der Waals surface area (Å²) in [5.41, 5.74) is -0.667. The van der Waals surface area contributed by atoms with Gasteiger partial charge in [-0.3, -0.25) is 19.3 Å². The fourth-order valence-electron chi connectivity index (χ4n) is 1.58. The van der Waals surface area contributed by atoms with E-state index < -0.39 is 16.2 Å². The van der Waals surface area contributed by atoms with Crippen molar-refractivity contribution in [3.05, 3.63) is 0 Å². The van der Waals surface area contributed by atoms with E-state index in [1.165, 1.54) is 7.11 Å². The van der Waals surface area contributed by atoms with Crippen LogP contribution in [-0.2, 0) is 19.1 Å². The number of hydrogen-bond acceptors (Lipinski definition) is 4. The van der Waals surface area contributed by atoms with Gasteiger partial charge >= 0.3 is 5.97 Å². The number of rotatable bonds is 3. The van der Waals surface area contributed by atoms with Crippen molar-refractivity contribution < 1.29 is 19.1 Å². The molecule has 0 N–H and O–H groups in total. The first kappa shape index (κ1) is 13.2. The Bertz CT molecular complexity index is 340. The monoisotopic (exact) mass is 291 g/mol. The SMILES string of the molecule is COC(=O)C(Br)CN1C(=O)CC(C)(C)C1=O. The Morgan fingerprint density at radius 3 is 2.50 bits per heavy atom. The number of alkyl halides is 1. The van der Waals surface area contributed by atoms with Crippen molar-refractivity contribution in [1.82, 2.24) is 4.90 Å². The maximum absolute atomic E-state index is 11.8. The first-order chi connectivity index (χ1) is 7.29. The van der Waals surface area contributed by atoms with Gasteiger partial charge in [0.05, 0.1) is 19.1 Å². The van der Waals surface area contributed by atoms with E-state index in [4.69, 9.17) is 0 Å². The van der Waals surface area contributed by atoms with E-state index in [2.05, 4.69) is 20.7 Å². The van der Waals surface area contributed by atoms with Crippen LogP contribution in [0.3, 0.4) is 0 Å². The van der Waals surface area contributed by atoms with Crippen LogP contribution in [0.2, 0.25) is 0 Å². The number of methoxy groups -OCH3 is 1. The smallest absolute Gasteiger partial charge is 0.321 e. The fraction of sp³-hybridized carbons (Fsp3) is 0.700. The van der Waals surface area contributed by atoms with Crippen molar-refractivity contribution in [1.29, 1.82) is 0 Å². The van der Waals surface area contributed by atoms with Gasteiger partial charge in [-0.2, -0.15) is 0 Å². The van der Waals surface area contributed by atoms with Crippen molar-refractivity contribution in [2.45, 2.75) is 25.1 Å². The maximum Gasteiger partial charge on any atom is 0.321 e. The summed E-state index contributed by atoms with van der Waals surface area (Å²) in [5, 5.41) is 0. The Balaban J connectivity index is 2.72. The molecule has 1 unspecified atom stereocenters. The summed E-state index contributed by atoms with van der Waals surface area (Å²) in [4.78, 5) is 35.0. The van der Waals surface area contributed by atoms with Crippen LogP contribution >= 0.6 is 15.9 Å². The van der Waals surface area contributed by atoms with Crippen LogP contribution in [0.25, 0.3) is 0 Å². The molecule has 0 aliphatic carbocycles. The average Bonchev–Trinajstić information content (AvgIpc) is 2.39. The predicted molar refractivity (Wildman–Crippen MR) is 59.8 cm³/mol. The normalized spacial score (nSPS) is 21.1. The lowest BCUT2D eigenvalue weighted by molar-refractivity contribution is -0.143. The van der Waals surface area contributed by atoms with Gasteiger partial charge in [-0.05, 0) is 0 Å². The van der Waals surface area contributed by atoms with Crippen LogP contribution in [-0.4, -0.2) is 41.2 Å². The Hall–Kier alpha value is -0.910. The summed E-state index contributed by atoms with van der Waals surface area (Å²) in [6, 6.07) is 0. The lowest BCUT2D eigenvalue weighted by Crippen LogP contribution is -2.39. The molecule has 1 saturated heterocycles. The highest BCUT2D eigenvalue weighted by molar-refractivity contribution is 9.10. The molecule has 1 aliphatic rings. The van der Waals surface area contributed by atoms with E-state index in [-0.39, 0.29) is 24.8 Å². The molecule has 1 aliphatic heterocycles. The van der Waals surface area contributed by atoms with Gasteiger partial charge in [0.25, 0.3) is 0 Å². The molecular weight excluding hydrogens is 278 g/mol. The van der Waals surface area contributed by atoms with Gasteiger partial charge in [0.1, 0.15) is 4.83 Å². The molecule has 0 radical (unpaired) electrons. The minimum atomic E-state index is -0.667. The highest BCUT2D eigenvalue weighted by atomic mass is 79.9. The van der Waals surface area contributed by atoms with E-state index in [1.807, 2.05) is 0 Å². The Kier molecular flexibility index (Phi) is 3.72. The molecule has 1 atom stereocenters. The zero-order chi connectivity index (χ0) is 12.5. The van der Waals surface area contributed by atoms with Crippen molar-refractivity contribution in [2.75, 3.05) is 13.7 Å². The molecule has 90 valence electrons. The Labute approximate surface area is 102 Å². The number of amides is 2. The van der Waals surface area contributed by atoms with E-state index in [1.54, 1.807) is 13.8 Å². The lowest BCUT2D eigenvalue weighted by atomic mass is 9.92. The minimum Gasteiger partial charge on any atom is -0.468 e. The van der Waals surface area contributed by atoms with Gasteiger partial charge in [0.2, 0.25) is 11.8 Å². The first-order valence-corrected chi connectivity index (χ1v) is 5.78. The van der Waals surface area contributed by atoms with Crippen LogP contribution in [0, 0.1) is 5.41 Å². The van der Waals surface area contributed by atoms with E-state index in [0.717, 1.165) is 4.90 Å². The Morgan fingerprint density at radius 2 is 2.12 bits per heavy atom. The summed E-state index contributed by atoms with van der Waals surface area (Å²) in [6.45, 7) is 3.46. The first-order valence-electron chi connectivity index (χ1n) is 4.86. The van der Waals surface area contributed by atoms with Gasteiger partial charge in [-0.1, -0.05) is 29.8 Å². The molecule has 0 aromatic carbocycles. The van der Waals surface area contributed by atoms with E-state index in [9.17, 15) is 14.4 Å². The topological polar surface area (TPSA) is 63.7 Å². The number of carbonyl (C=O) groups excluding carboxylic acids is 3. The highest BCUT2D eigenvalue weighted by Gasteiger charge is 2.45. The summed E-state index contributed by atoms with van der Waals surface area (Å²) in [7, 11) is 1.26. The number of likely N-dealkylation sites (tertiary alicyclic amines) is 1. The Morgan fingerprint density at radius 1 is 1.56 bits per heavy atom. The summed E-state index contributed by atoms with van der Waals surface area (Å²) in [6.07, 6.45) is 0.187. The van der Waals surface area contributed by atoms with E-state index in [0.29, 0.717) is 0 Å². The van der Waals surface area contributed by atoms with Crippen LogP contribution in [0.5, 0.6) is 0 Å². The highest BCUT2D eigenvalue weighted by Crippen LogP contribution is 2.32. The van der Waals surface area contributed by atoms with Crippen molar-refractivity contribution in [3.63, 3.8) is 0 Å². The zero-order valence-corrected chi connectivity index (χ0v) is 11.0. The largest absolute Gasteiger partial charge is 0.468 e. The average molecular weight is 292 g/mol. The molecule has 0 spiro atoms. The number of imide groups is 1. The van der Waals surface area contributed by atoms with E-state index >= 15 is 0 Å². The third kappa shape index (κ3) is 2.42. The second-order valence-electron chi connectivity index (χ2n) is 4.36. The molecule has 1 rings (SSSR count). The number of ether oxygens (including phenoxy) is 1. The molecule has 6 heteroatoms. The van der Waals surface area contributed by atoms with Crippen molar-refractivity contribution in [3.8, 4) is 0 Å². The molecule has 1 fully saturated rings. The summed E-state index contributed by atoms with van der Waals surface area (Å²) >= 11 is 3.09. The number of nitrogens with zero attached hydrogens (tertiary/aromatic N) is 1. The molecule has 0 aromatic heterocycles. The molecule has 2 amide bonds. The van der Waals surface area contributed by atoms with Crippen LogP contribution in [0.15, 0.2) is 0 Å². The van der Waals surface area contributed by atoms with Gasteiger partial charge in [-0.25, -0.2) is 0 Å². The van der Waals surface area contributed by atoms with Gasteiger partial charge in [0.15, 0.2) is 0 Å². The fourth-order valence-corrected chi connectivity index (χ4v) is 2.05. The third-order valence-corrected chi connectivity index (χ3v) is 3.18. The second-order valence-corrected chi connectivity index (χ2v) is 5.47. The lowest BCUT2D eigenvalue weighted by Gasteiger charge is -2.19. The molecule has 16 heavy (non-hydrogen) atoms. The molecule has 5 nitrogen and oxygen atoms in total. The van der Waals surface area contributed by atoms with Gasteiger partial charge < -0.3 is 4.74 Å². The number of carbonyl (C=O) groups is 3. The third-order valence-electron chi connectivity index (χ3n) is 2.52. The molecular formula is C10H14BrNO4. The minimum absolute atomic E-state index is 0.0216. The molecule has 0 aromatic rings. The molecule has 1 heterocycles. The predicted octanol–water partition coefficient (Wildman–Crippen LogP) is 0.708. The molecule has 0 bridgehead atoms. The summed E-state index contributed by atoms with van der Waals surface area (Å²) < 4.78 is 4.51. The maximum atomic E-state index is 11.8. The van der Waals surface area contributed by atoms with Gasteiger partial charge in [0, 0.05) is 6.42 Å². The van der Waals surface area contributed by atoms with Crippen LogP contribution in [0.4, 0.5) is 0 Å². The zero-order valence-electron chi connectivity index (χ0n) is 9.45. The second kappa shape index (κ2) is 4.53. The van der Waals surface area contributed by atoms with Crippen LogP contribution < -0.4 is 0 Å². The van der Waals surface area contributed by atoms with Gasteiger partial charge in [-0.15, -0.1) is 0 Å². The number of halogens is 1. The van der Waals surface area contributed by atoms with Crippen molar-refractivity contribution in [2.24, 2.45) is 5.41 Å². The molecule has 0 saturated carbocycles. The quantitative estimate of drug-likeness (QED) is 0.436. The number of hydrogen-bond donors (Lipinski definition) is 0. The van der Waals surface area contributed by atoms with Crippen molar-refractivity contribution >= 4 is 33.7 Å². The van der Waals surface area contributed by atoms with Crippen LogP contribution in [0.1, 0.15) is 20.3 Å².